The lowest BCUT2D eigenvalue weighted by atomic mass is 9.82. The third-order valence-corrected chi connectivity index (χ3v) is 7.42. The van der Waals surface area contributed by atoms with Crippen LogP contribution in [0.2, 0.25) is 0 Å². The Morgan fingerprint density at radius 3 is 2.40 bits per heavy atom. The van der Waals surface area contributed by atoms with Crippen molar-refractivity contribution in [2.24, 2.45) is 11.8 Å². The monoisotopic (exact) mass is 441 g/mol. The van der Waals surface area contributed by atoms with Crippen LogP contribution in [0.5, 0.6) is 0 Å². The zero-order valence-corrected chi connectivity index (χ0v) is 17.6. The van der Waals surface area contributed by atoms with E-state index in [-0.39, 0.29) is 10.8 Å². The predicted octanol–water partition coefficient (Wildman–Crippen LogP) is 4.59. The summed E-state index contributed by atoms with van der Waals surface area (Å²) in [6.07, 6.45) is 9.14. The van der Waals surface area contributed by atoms with Gasteiger partial charge in [-0.2, -0.15) is 13.2 Å². The van der Waals surface area contributed by atoms with Crippen molar-refractivity contribution >= 4 is 10.0 Å². The lowest BCUT2D eigenvalue weighted by Crippen LogP contribution is -2.33. The molecule has 1 fully saturated rings. The van der Waals surface area contributed by atoms with Crippen molar-refractivity contribution in [1.82, 2.24) is 13.9 Å². The van der Waals surface area contributed by atoms with Crippen LogP contribution in [0.15, 0.2) is 60.0 Å². The van der Waals surface area contributed by atoms with E-state index in [1.54, 1.807) is 12.5 Å². The molecule has 1 aliphatic rings. The molecule has 0 radical (unpaired) electrons. The minimum absolute atomic E-state index is 0.117. The molecule has 1 aromatic carbocycles. The molecule has 0 unspecified atom stereocenters. The van der Waals surface area contributed by atoms with E-state index in [0.717, 1.165) is 56.5 Å². The van der Waals surface area contributed by atoms with Crippen LogP contribution in [0.1, 0.15) is 31.2 Å². The molecule has 164 valence electrons. The molecule has 2 aromatic rings. The Labute approximate surface area is 175 Å². The molecule has 1 aliphatic carbocycles. The fourth-order valence-corrected chi connectivity index (χ4v) is 5.04. The van der Waals surface area contributed by atoms with E-state index in [0.29, 0.717) is 12.5 Å². The summed E-state index contributed by atoms with van der Waals surface area (Å²) in [5, 5.41) is 0. The van der Waals surface area contributed by atoms with E-state index in [4.69, 9.17) is 0 Å². The van der Waals surface area contributed by atoms with Gasteiger partial charge in [0.15, 0.2) is 0 Å². The molecule has 0 atom stereocenters. The number of sulfonamides is 1. The number of allylic oxidation sites excluding steroid dienone is 2. The van der Waals surface area contributed by atoms with E-state index in [2.05, 4.69) is 17.1 Å². The lowest BCUT2D eigenvalue weighted by Gasteiger charge is -2.30. The van der Waals surface area contributed by atoms with Gasteiger partial charge in [0, 0.05) is 32.5 Å². The maximum absolute atomic E-state index is 12.7. The summed E-state index contributed by atoms with van der Waals surface area (Å²) in [7, 11) is -2.32. The number of hydrogen-bond acceptors (Lipinski definition) is 3. The minimum atomic E-state index is -4.49. The molecule has 0 saturated heterocycles. The third kappa shape index (κ3) is 5.72. The maximum atomic E-state index is 12.7. The number of halogens is 3. The van der Waals surface area contributed by atoms with Gasteiger partial charge in [-0.15, -0.1) is 0 Å². The first-order chi connectivity index (χ1) is 14.2. The fourth-order valence-electron chi connectivity index (χ4n) is 3.79. The van der Waals surface area contributed by atoms with Crippen LogP contribution >= 0.6 is 0 Å². The van der Waals surface area contributed by atoms with Gasteiger partial charge >= 0.3 is 6.18 Å². The van der Waals surface area contributed by atoms with Gasteiger partial charge in [0.05, 0.1) is 16.8 Å². The summed E-state index contributed by atoms with van der Waals surface area (Å²) in [4.78, 5) is 3.89. The van der Waals surface area contributed by atoms with Gasteiger partial charge in [0.25, 0.3) is 0 Å². The molecule has 5 nitrogen and oxygen atoms in total. The summed E-state index contributed by atoms with van der Waals surface area (Å²) in [6.45, 7) is 1.16. The first-order valence-electron chi connectivity index (χ1n) is 9.92. The Hall–Kier alpha value is -2.13. The molecule has 0 N–H and O–H groups in total. The standard InChI is InChI=1S/C21H26F3N3O2S/c1-26(30(28,29)20-10-8-19(9-11-20)21(22,23)24)15-18-6-4-17(5-7-18)3-2-13-27-14-12-25-16-27/h2-3,8-12,14,16-18H,4-7,13,15H2,1H3/b3-2+/t17-,18-. The number of rotatable bonds is 7. The molecule has 0 spiro atoms. The molecule has 0 amide bonds. The molecule has 30 heavy (non-hydrogen) atoms. The van der Waals surface area contributed by atoms with Crippen molar-refractivity contribution in [2.45, 2.75) is 43.3 Å². The van der Waals surface area contributed by atoms with Crippen molar-refractivity contribution in [3.05, 3.63) is 60.7 Å². The topological polar surface area (TPSA) is 55.2 Å². The molecule has 1 heterocycles. The third-order valence-electron chi connectivity index (χ3n) is 5.58. The van der Waals surface area contributed by atoms with Crippen LogP contribution in [0.25, 0.3) is 0 Å². The first kappa shape index (κ1) is 22.6. The van der Waals surface area contributed by atoms with E-state index >= 15 is 0 Å². The Kier molecular flexibility index (Phi) is 7.02. The highest BCUT2D eigenvalue weighted by molar-refractivity contribution is 7.89. The Bertz CT molecular complexity index is 931. The minimum Gasteiger partial charge on any atom is -0.334 e. The van der Waals surface area contributed by atoms with Gasteiger partial charge in [0.2, 0.25) is 10.0 Å². The molecule has 1 aromatic heterocycles. The van der Waals surface area contributed by atoms with Crippen LogP contribution in [0, 0.1) is 11.8 Å². The Morgan fingerprint density at radius 1 is 1.17 bits per heavy atom. The zero-order valence-electron chi connectivity index (χ0n) is 16.8. The molecule has 9 heteroatoms. The fraction of sp³-hybridized carbons (Fsp3) is 0.476. The maximum Gasteiger partial charge on any atom is 0.416 e. The number of imidazole rings is 1. The van der Waals surface area contributed by atoms with E-state index in [9.17, 15) is 21.6 Å². The van der Waals surface area contributed by atoms with Gasteiger partial charge in [-0.3, -0.25) is 0 Å². The second-order valence-electron chi connectivity index (χ2n) is 7.78. The molecule has 1 saturated carbocycles. The second-order valence-corrected chi connectivity index (χ2v) is 9.82. The number of alkyl halides is 3. The SMILES string of the molecule is CN(C[C@H]1CC[C@H](/C=C/Cn2ccnc2)CC1)S(=O)(=O)c1ccc(C(F)(F)F)cc1. The smallest absolute Gasteiger partial charge is 0.334 e. The normalized spacial score (nSPS) is 20.8. The highest BCUT2D eigenvalue weighted by Crippen LogP contribution is 2.32. The van der Waals surface area contributed by atoms with Crippen molar-refractivity contribution in [2.75, 3.05) is 13.6 Å². The number of hydrogen-bond donors (Lipinski definition) is 0. The predicted molar refractivity (Wildman–Crippen MR) is 108 cm³/mol. The summed E-state index contributed by atoms with van der Waals surface area (Å²) in [5.74, 6) is 0.735. The highest BCUT2D eigenvalue weighted by Gasteiger charge is 2.31. The van der Waals surface area contributed by atoms with Crippen LogP contribution in [0.4, 0.5) is 13.2 Å². The van der Waals surface area contributed by atoms with Crippen LogP contribution in [0.3, 0.4) is 0 Å². The van der Waals surface area contributed by atoms with Crippen LogP contribution in [-0.4, -0.2) is 35.9 Å². The van der Waals surface area contributed by atoms with E-state index in [1.165, 1.54) is 11.4 Å². The quantitative estimate of drug-likeness (QED) is 0.591. The van der Waals surface area contributed by atoms with Gasteiger partial charge in [-0.25, -0.2) is 17.7 Å². The van der Waals surface area contributed by atoms with Gasteiger partial charge in [0.1, 0.15) is 0 Å². The second kappa shape index (κ2) is 9.34. The largest absolute Gasteiger partial charge is 0.416 e. The van der Waals surface area contributed by atoms with E-state index < -0.39 is 21.8 Å². The van der Waals surface area contributed by atoms with Crippen molar-refractivity contribution < 1.29 is 21.6 Å². The molecule has 3 rings (SSSR count). The Morgan fingerprint density at radius 2 is 1.83 bits per heavy atom. The zero-order chi connectivity index (χ0) is 21.8. The summed E-state index contributed by atoms with van der Waals surface area (Å²) >= 11 is 0. The van der Waals surface area contributed by atoms with Crippen molar-refractivity contribution in [3.8, 4) is 0 Å². The lowest BCUT2D eigenvalue weighted by molar-refractivity contribution is -0.137. The summed E-state index contributed by atoms with van der Waals surface area (Å²) in [5.41, 5.74) is -0.858. The average molecular weight is 442 g/mol. The summed E-state index contributed by atoms with van der Waals surface area (Å²) in [6, 6.07) is 3.66. The van der Waals surface area contributed by atoms with Crippen molar-refractivity contribution in [1.29, 1.82) is 0 Å². The van der Waals surface area contributed by atoms with Gasteiger partial charge in [-0.1, -0.05) is 12.2 Å². The first-order valence-corrected chi connectivity index (χ1v) is 11.4. The van der Waals surface area contributed by atoms with Crippen molar-refractivity contribution in [3.63, 3.8) is 0 Å². The Balaban J connectivity index is 1.51. The van der Waals surface area contributed by atoms with Crippen LogP contribution in [-0.2, 0) is 22.7 Å². The van der Waals surface area contributed by atoms with Gasteiger partial charge in [-0.05, 0) is 61.8 Å². The molecular formula is C21H26F3N3O2S. The molecular weight excluding hydrogens is 415 g/mol. The van der Waals surface area contributed by atoms with Crippen LogP contribution < -0.4 is 0 Å². The molecule has 0 aliphatic heterocycles. The number of nitrogens with zero attached hydrogens (tertiary/aromatic N) is 3. The highest BCUT2D eigenvalue weighted by atomic mass is 32.2. The summed E-state index contributed by atoms with van der Waals surface area (Å²) < 4.78 is 66.8. The van der Waals surface area contributed by atoms with E-state index in [1.807, 2.05) is 10.8 Å². The van der Waals surface area contributed by atoms with Gasteiger partial charge < -0.3 is 4.57 Å². The molecule has 0 bridgehead atoms. The average Bonchev–Trinajstić information content (AvgIpc) is 3.22. The number of benzene rings is 1. The number of aromatic nitrogens is 2.